The molecule has 96 valence electrons. The molecule has 2 N–H and O–H groups in total. The van der Waals surface area contributed by atoms with Crippen LogP contribution in [0, 0.1) is 6.92 Å². The van der Waals surface area contributed by atoms with Gasteiger partial charge in [-0.05, 0) is 44.7 Å². The van der Waals surface area contributed by atoms with Crippen molar-refractivity contribution in [3.05, 3.63) is 35.7 Å². The van der Waals surface area contributed by atoms with E-state index in [1.165, 1.54) is 0 Å². The monoisotopic (exact) mass is 246 g/mol. The van der Waals surface area contributed by atoms with Crippen molar-refractivity contribution in [1.82, 2.24) is 4.98 Å². The second-order valence-electron chi connectivity index (χ2n) is 4.02. The molecule has 2 rings (SSSR count). The van der Waals surface area contributed by atoms with Gasteiger partial charge in [-0.2, -0.15) is 0 Å². The molecule has 0 radical (unpaired) electrons. The number of hydrogen-bond acceptors (Lipinski definition) is 4. The van der Waals surface area contributed by atoms with Crippen LogP contribution in [-0.4, -0.2) is 18.1 Å². The van der Waals surface area contributed by atoms with Crippen molar-refractivity contribution in [3.63, 3.8) is 0 Å². The van der Waals surface area contributed by atoms with E-state index in [2.05, 4.69) is 4.98 Å². The van der Waals surface area contributed by atoms with E-state index in [0.29, 0.717) is 19.0 Å². The van der Waals surface area contributed by atoms with Crippen molar-refractivity contribution in [2.45, 2.75) is 20.3 Å². The Morgan fingerprint density at radius 1 is 1.28 bits per heavy atom. The molecular formula is C14H18N2O2. The zero-order valence-corrected chi connectivity index (χ0v) is 10.8. The van der Waals surface area contributed by atoms with E-state index in [1.807, 2.05) is 38.1 Å². The molecule has 0 aliphatic rings. The third-order valence-corrected chi connectivity index (χ3v) is 2.69. The second kappa shape index (κ2) is 5.69. The first kappa shape index (κ1) is 12.6. The molecule has 4 heteroatoms. The first-order valence-electron chi connectivity index (χ1n) is 6.14. The van der Waals surface area contributed by atoms with E-state index in [1.54, 1.807) is 0 Å². The predicted molar refractivity (Wildman–Crippen MR) is 70.6 cm³/mol. The van der Waals surface area contributed by atoms with E-state index in [0.717, 1.165) is 29.2 Å². The number of hydrogen-bond donors (Lipinski definition) is 1. The molecular weight excluding hydrogens is 228 g/mol. The molecule has 0 bridgehead atoms. The van der Waals surface area contributed by atoms with Gasteiger partial charge >= 0.3 is 0 Å². The number of oxazole rings is 1. The molecule has 0 unspecified atom stereocenters. The van der Waals surface area contributed by atoms with Gasteiger partial charge in [0.05, 0.1) is 12.3 Å². The fraction of sp³-hybridized carbons (Fsp3) is 0.357. The molecule has 0 aliphatic heterocycles. The lowest BCUT2D eigenvalue weighted by Gasteiger charge is -2.02. The lowest BCUT2D eigenvalue weighted by atomic mass is 10.2. The Labute approximate surface area is 107 Å². The van der Waals surface area contributed by atoms with Crippen LogP contribution in [0.25, 0.3) is 11.5 Å². The van der Waals surface area contributed by atoms with Gasteiger partial charge in [-0.3, -0.25) is 0 Å². The highest BCUT2D eigenvalue weighted by Crippen LogP contribution is 2.24. The molecule has 0 atom stereocenters. The van der Waals surface area contributed by atoms with Crippen LogP contribution >= 0.6 is 0 Å². The van der Waals surface area contributed by atoms with Crippen LogP contribution in [0.15, 0.2) is 28.7 Å². The normalized spacial score (nSPS) is 10.6. The Hall–Kier alpha value is -1.81. The number of ether oxygens (including phenoxy) is 1. The van der Waals surface area contributed by atoms with Gasteiger partial charge in [-0.25, -0.2) is 4.98 Å². The zero-order valence-electron chi connectivity index (χ0n) is 10.8. The van der Waals surface area contributed by atoms with Crippen molar-refractivity contribution < 1.29 is 9.15 Å². The number of aryl methyl sites for hydroxylation is 1. The van der Waals surface area contributed by atoms with Crippen LogP contribution in [0.3, 0.4) is 0 Å². The highest BCUT2D eigenvalue weighted by atomic mass is 16.5. The summed E-state index contributed by atoms with van der Waals surface area (Å²) in [6, 6.07) is 7.73. The highest BCUT2D eigenvalue weighted by Gasteiger charge is 2.10. The summed E-state index contributed by atoms with van der Waals surface area (Å²) in [4.78, 5) is 4.46. The van der Waals surface area contributed by atoms with E-state index in [4.69, 9.17) is 14.9 Å². The summed E-state index contributed by atoms with van der Waals surface area (Å²) in [7, 11) is 0. The summed E-state index contributed by atoms with van der Waals surface area (Å²) in [5, 5.41) is 0. The van der Waals surface area contributed by atoms with Crippen molar-refractivity contribution in [2.24, 2.45) is 5.73 Å². The van der Waals surface area contributed by atoms with Gasteiger partial charge < -0.3 is 14.9 Å². The molecule has 18 heavy (non-hydrogen) atoms. The molecule has 0 spiro atoms. The van der Waals surface area contributed by atoms with E-state index < -0.39 is 0 Å². The molecule has 0 aliphatic carbocycles. The van der Waals surface area contributed by atoms with Crippen LogP contribution in [0.5, 0.6) is 5.75 Å². The maximum atomic E-state index is 5.65. The summed E-state index contributed by atoms with van der Waals surface area (Å²) in [5.74, 6) is 2.33. The Morgan fingerprint density at radius 3 is 2.61 bits per heavy atom. The Bertz CT molecular complexity index is 503. The number of aromatic nitrogens is 1. The lowest BCUT2D eigenvalue weighted by Crippen LogP contribution is -2.03. The van der Waals surface area contributed by atoms with E-state index in [-0.39, 0.29) is 0 Å². The molecule has 0 saturated heterocycles. The molecule has 4 nitrogen and oxygen atoms in total. The minimum Gasteiger partial charge on any atom is -0.494 e. The minimum atomic E-state index is 0.579. The molecule has 1 aromatic heterocycles. The van der Waals surface area contributed by atoms with Gasteiger partial charge in [0.25, 0.3) is 0 Å². The SMILES string of the molecule is CCOc1ccc(-c2nc(CCN)c(C)o2)cc1. The zero-order chi connectivity index (χ0) is 13.0. The standard InChI is InChI=1S/C14H18N2O2/c1-3-17-12-6-4-11(5-7-12)14-16-13(8-9-15)10(2)18-14/h4-7H,3,8-9,15H2,1-2H3. The quantitative estimate of drug-likeness (QED) is 0.880. The van der Waals surface area contributed by atoms with E-state index in [9.17, 15) is 0 Å². The summed E-state index contributed by atoms with van der Waals surface area (Å²) in [6.45, 7) is 5.12. The smallest absolute Gasteiger partial charge is 0.226 e. The maximum absolute atomic E-state index is 5.65. The average molecular weight is 246 g/mol. The van der Waals surface area contributed by atoms with Crippen LogP contribution in [-0.2, 0) is 6.42 Å². The number of benzene rings is 1. The predicted octanol–water partition coefficient (Wildman–Crippen LogP) is 2.55. The Morgan fingerprint density at radius 2 is 2.00 bits per heavy atom. The summed E-state index contributed by atoms with van der Waals surface area (Å²) < 4.78 is 11.0. The molecule has 0 amide bonds. The fourth-order valence-electron chi connectivity index (χ4n) is 1.78. The first-order valence-corrected chi connectivity index (χ1v) is 6.14. The van der Waals surface area contributed by atoms with Crippen LogP contribution in [0.1, 0.15) is 18.4 Å². The van der Waals surface area contributed by atoms with Crippen molar-refractivity contribution in [3.8, 4) is 17.2 Å². The number of nitrogens with zero attached hydrogens (tertiary/aromatic N) is 1. The largest absolute Gasteiger partial charge is 0.494 e. The maximum Gasteiger partial charge on any atom is 0.226 e. The van der Waals surface area contributed by atoms with Gasteiger partial charge in [0.2, 0.25) is 5.89 Å². The minimum absolute atomic E-state index is 0.579. The third kappa shape index (κ3) is 2.71. The summed E-state index contributed by atoms with van der Waals surface area (Å²) >= 11 is 0. The first-order chi connectivity index (χ1) is 8.74. The summed E-state index contributed by atoms with van der Waals surface area (Å²) in [5.41, 5.74) is 7.41. The number of rotatable bonds is 5. The highest BCUT2D eigenvalue weighted by molar-refractivity contribution is 5.55. The summed E-state index contributed by atoms with van der Waals surface area (Å²) in [6.07, 6.45) is 0.742. The van der Waals surface area contributed by atoms with Crippen molar-refractivity contribution in [2.75, 3.05) is 13.2 Å². The lowest BCUT2D eigenvalue weighted by molar-refractivity contribution is 0.340. The Kier molecular flexibility index (Phi) is 3.99. The number of nitrogens with two attached hydrogens (primary N) is 1. The molecule has 2 aromatic rings. The molecule has 1 aromatic carbocycles. The van der Waals surface area contributed by atoms with Gasteiger partial charge in [-0.1, -0.05) is 0 Å². The van der Waals surface area contributed by atoms with Gasteiger partial charge in [0.15, 0.2) is 0 Å². The van der Waals surface area contributed by atoms with Gasteiger partial charge in [0.1, 0.15) is 11.5 Å². The van der Waals surface area contributed by atoms with Crippen molar-refractivity contribution >= 4 is 0 Å². The Balaban J connectivity index is 2.22. The van der Waals surface area contributed by atoms with Crippen LogP contribution < -0.4 is 10.5 Å². The second-order valence-corrected chi connectivity index (χ2v) is 4.02. The van der Waals surface area contributed by atoms with E-state index >= 15 is 0 Å². The fourth-order valence-corrected chi connectivity index (χ4v) is 1.78. The van der Waals surface area contributed by atoms with Gasteiger partial charge in [0, 0.05) is 12.0 Å². The molecule has 1 heterocycles. The molecule has 0 saturated carbocycles. The average Bonchev–Trinajstić information content (AvgIpc) is 2.73. The van der Waals surface area contributed by atoms with Crippen LogP contribution in [0.4, 0.5) is 0 Å². The molecule has 0 fully saturated rings. The van der Waals surface area contributed by atoms with Crippen LogP contribution in [0.2, 0.25) is 0 Å². The topological polar surface area (TPSA) is 61.3 Å². The van der Waals surface area contributed by atoms with Gasteiger partial charge in [-0.15, -0.1) is 0 Å². The third-order valence-electron chi connectivity index (χ3n) is 2.69. The van der Waals surface area contributed by atoms with Crippen molar-refractivity contribution in [1.29, 1.82) is 0 Å².